The van der Waals surface area contributed by atoms with E-state index in [1.807, 2.05) is 0 Å². The molecule has 0 atom stereocenters. The van der Waals surface area contributed by atoms with Crippen LogP contribution in [0, 0.1) is 0 Å². The van der Waals surface area contributed by atoms with Gasteiger partial charge in [0.1, 0.15) is 24.7 Å². The molecular weight excluding hydrogens is 358 g/mol. The van der Waals surface area contributed by atoms with E-state index in [0.717, 1.165) is 10.1 Å². The number of nitrogens with zero attached hydrogens (tertiary/aromatic N) is 1. The van der Waals surface area contributed by atoms with Crippen molar-refractivity contribution in [3.05, 3.63) is 54.1 Å². The Hall–Kier alpha value is -2.58. The van der Waals surface area contributed by atoms with Crippen molar-refractivity contribution in [3.63, 3.8) is 0 Å². The first-order valence-electron chi connectivity index (χ1n) is 7.81. The second-order valence-corrected chi connectivity index (χ2v) is 7.63. The van der Waals surface area contributed by atoms with E-state index in [2.05, 4.69) is 0 Å². The molecule has 0 saturated heterocycles. The van der Waals surface area contributed by atoms with Crippen LogP contribution in [-0.2, 0) is 14.8 Å². The number of benzene rings is 2. The fraction of sp³-hybridized carbons (Fsp3) is 0.278. The summed E-state index contributed by atoms with van der Waals surface area (Å²) in [5.41, 5.74) is 0.164. The molecular formula is C18H21NO6S. The summed E-state index contributed by atoms with van der Waals surface area (Å²) in [4.78, 5) is 12.1. The molecule has 140 valence electrons. The number of rotatable bonds is 8. The number of carbonyl (C=O) groups is 1. The van der Waals surface area contributed by atoms with Gasteiger partial charge in [0.05, 0.1) is 17.6 Å². The Morgan fingerprint density at radius 2 is 1.65 bits per heavy atom. The number of methoxy groups -OCH3 is 1. The molecule has 0 saturated carbocycles. The third-order valence-corrected chi connectivity index (χ3v) is 5.30. The van der Waals surface area contributed by atoms with Crippen molar-refractivity contribution < 1.29 is 27.4 Å². The van der Waals surface area contributed by atoms with E-state index in [9.17, 15) is 13.2 Å². The van der Waals surface area contributed by atoms with Gasteiger partial charge in [0, 0.05) is 14.1 Å². The predicted molar refractivity (Wildman–Crippen MR) is 96.1 cm³/mol. The zero-order chi connectivity index (χ0) is 19.2. The third-order valence-electron chi connectivity index (χ3n) is 3.49. The molecule has 0 aliphatic carbocycles. The van der Waals surface area contributed by atoms with Crippen LogP contribution in [0.5, 0.6) is 11.5 Å². The van der Waals surface area contributed by atoms with Crippen LogP contribution in [0.4, 0.5) is 0 Å². The summed E-state index contributed by atoms with van der Waals surface area (Å²) in [5, 5.41) is 0. The van der Waals surface area contributed by atoms with Crippen molar-refractivity contribution in [2.45, 2.75) is 4.90 Å². The van der Waals surface area contributed by atoms with Crippen molar-refractivity contribution in [1.29, 1.82) is 0 Å². The highest BCUT2D eigenvalue weighted by Crippen LogP contribution is 2.17. The minimum atomic E-state index is -3.61. The number of ether oxygens (including phenoxy) is 3. The summed E-state index contributed by atoms with van der Waals surface area (Å²) in [6, 6.07) is 12.7. The summed E-state index contributed by atoms with van der Waals surface area (Å²) < 4.78 is 41.0. The number of hydrogen-bond acceptors (Lipinski definition) is 6. The van der Waals surface area contributed by atoms with Crippen LogP contribution in [0.25, 0.3) is 0 Å². The number of sulfonamides is 1. The lowest BCUT2D eigenvalue weighted by Crippen LogP contribution is -2.22. The molecule has 0 aliphatic heterocycles. The van der Waals surface area contributed by atoms with Crippen LogP contribution in [0.15, 0.2) is 53.4 Å². The number of carbonyl (C=O) groups excluding carboxylic acids is 1. The van der Waals surface area contributed by atoms with E-state index < -0.39 is 16.0 Å². The molecule has 0 spiro atoms. The van der Waals surface area contributed by atoms with Gasteiger partial charge in [-0.2, -0.15) is 0 Å². The van der Waals surface area contributed by atoms with Gasteiger partial charge < -0.3 is 14.2 Å². The maximum atomic E-state index is 12.1. The molecule has 26 heavy (non-hydrogen) atoms. The van der Waals surface area contributed by atoms with E-state index in [-0.39, 0.29) is 23.7 Å². The highest BCUT2D eigenvalue weighted by Gasteiger charge is 2.19. The number of esters is 1. The Balaban J connectivity index is 1.90. The zero-order valence-electron chi connectivity index (χ0n) is 14.8. The zero-order valence-corrected chi connectivity index (χ0v) is 15.7. The quantitative estimate of drug-likeness (QED) is 0.516. The van der Waals surface area contributed by atoms with Gasteiger partial charge in [-0.25, -0.2) is 17.5 Å². The second kappa shape index (κ2) is 8.68. The SMILES string of the molecule is COc1ccc(OCCOC(=O)c2cccc(S(=O)(=O)N(C)C)c2)cc1. The van der Waals surface area contributed by atoms with Crippen LogP contribution in [-0.4, -0.2) is 53.1 Å². The molecule has 0 radical (unpaired) electrons. The fourth-order valence-electron chi connectivity index (χ4n) is 2.04. The minimum Gasteiger partial charge on any atom is -0.497 e. The number of hydrogen-bond donors (Lipinski definition) is 0. The van der Waals surface area contributed by atoms with Gasteiger partial charge in [-0.1, -0.05) is 6.07 Å². The van der Waals surface area contributed by atoms with Crippen molar-refractivity contribution in [1.82, 2.24) is 4.31 Å². The van der Waals surface area contributed by atoms with Crippen molar-refractivity contribution in [2.75, 3.05) is 34.4 Å². The average Bonchev–Trinajstić information content (AvgIpc) is 2.65. The van der Waals surface area contributed by atoms with Gasteiger partial charge in [-0.3, -0.25) is 0 Å². The van der Waals surface area contributed by atoms with Crippen LogP contribution in [0.2, 0.25) is 0 Å². The average molecular weight is 379 g/mol. The van der Waals surface area contributed by atoms with Gasteiger partial charge in [0.15, 0.2) is 0 Å². The molecule has 7 nitrogen and oxygen atoms in total. The lowest BCUT2D eigenvalue weighted by atomic mass is 10.2. The first-order valence-corrected chi connectivity index (χ1v) is 9.25. The Morgan fingerprint density at radius 1 is 1.00 bits per heavy atom. The lowest BCUT2D eigenvalue weighted by molar-refractivity contribution is 0.0450. The van der Waals surface area contributed by atoms with E-state index in [4.69, 9.17) is 14.2 Å². The Labute approximate surface area is 153 Å². The molecule has 0 unspecified atom stereocenters. The van der Waals surface area contributed by atoms with Crippen LogP contribution in [0.3, 0.4) is 0 Å². The van der Waals surface area contributed by atoms with Gasteiger partial charge in [-0.15, -0.1) is 0 Å². The molecule has 0 amide bonds. The standard InChI is InChI=1S/C18H21NO6S/c1-19(2)26(21,22)17-6-4-5-14(13-17)18(20)25-12-11-24-16-9-7-15(23-3)8-10-16/h4-10,13H,11-12H2,1-3H3. The van der Waals surface area contributed by atoms with Gasteiger partial charge in [-0.05, 0) is 42.5 Å². The smallest absolute Gasteiger partial charge is 0.338 e. The van der Waals surface area contributed by atoms with Gasteiger partial charge in [0.25, 0.3) is 0 Å². The Bertz CT molecular complexity index is 846. The molecule has 2 aromatic carbocycles. The third kappa shape index (κ3) is 4.96. The molecule has 2 aromatic rings. The van der Waals surface area contributed by atoms with E-state index in [0.29, 0.717) is 5.75 Å². The Morgan fingerprint density at radius 3 is 2.27 bits per heavy atom. The molecule has 0 heterocycles. The van der Waals surface area contributed by atoms with Gasteiger partial charge >= 0.3 is 5.97 Å². The van der Waals surface area contributed by atoms with Crippen LogP contribution < -0.4 is 9.47 Å². The first kappa shape index (κ1) is 19.7. The molecule has 0 aliphatic rings. The second-order valence-electron chi connectivity index (χ2n) is 5.48. The summed E-state index contributed by atoms with van der Waals surface area (Å²) in [6.07, 6.45) is 0. The van der Waals surface area contributed by atoms with E-state index in [1.165, 1.54) is 38.4 Å². The Kier molecular flexibility index (Phi) is 6.59. The van der Waals surface area contributed by atoms with Crippen LogP contribution in [0.1, 0.15) is 10.4 Å². The normalized spacial score (nSPS) is 11.2. The fourth-order valence-corrected chi connectivity index (χ4v) is 2.99. The lowest BCUT2D eigenvalue weighted by Gasteiger charge is -2.12. The van der Waals surface area contributed by atoms with E-state index >= 15 is 0 Å². The van der Waals surface area contributed by atoms with Crippen LogP contribution >= 0.6 is 0 Å². The van der Waals surface area contributed by atoms with Crippen molar-refractivity contribution in [2.24, 2.45) is 0 Å². The molecule has 8 heteroatoms. The molecule has 2 rings (SSSR count). The first-order chi connectivity index (χ1) is 12.3. The molecule has 0 fully saturated rings. The maximum absolute atomic E-state index is 12.1. The molecule has 0 aromatic heterocycles. The summed E-state index contributed by atoms with van der Waals surface area (Å²) in [6.45, 7) is 0.212. The summed E-state index contributed by atoms with van der Waals surface area (Å²) in [5.74, 6) is 0.733. The van der Waals surface area contributed by atoms with Gasteiger partial charge in [0.2, 0.25) is 10.0 Å². The highest BCUT2D eigenvalue weighted by molar-refractivity contribution is 7.89. The summed E-state index contributed by atoms with van der Waals surface area (Å²) >= 11 is 0. The topological polar surface area (TPSA) is 82.1 Å². The molecule has 0 N–H and O–H groups in total. The van der Waals surface area contributed by atoms with Crippen molar-refractivity contribution in [3.8, 4) is 11.5 Å². The van der Waals surface area contributed by atoms with Crippen molar-refractivity contribution >= 4 is 16.0 Å². The maximum Gasteiger partial charge on any atom is 0.338 e. The molecule has 0 bridgehead atoms. The predicted octanol–water partition coefficient (Wildman–Crippen LogP) is 2.18. The van der Waals surface area contributed by atoms with E-state index in [1.54, 1.807) is 31.4 Å². The minimum absolute atomic E-state index is 0.0337. The largest absolute Gasteiger partial charge is 0.497 e. The highest BCUT2D eigenvalue weighted by atomic mass is 32.2. The monoisotopic (exact) mass is 379 g/mol. The summed E-state index contributed by atoms with van der Waals surface area (Å²) in [7, 11) is 0.823.